The highest BCUT2D eigenvalue weighted by Gasteiger charge is 2.11. The molecule has 0 fully saturated rings. The summed E-state index contributed by atoms with van der Waals surface area (Å²) in [4.78, 5) is 11.8. The molecule has 0 saturated heterocycles. The fourth-order valence-electron chi connectivity index (χ4n) is 1.30. The van der Waals surface area contributed by atoms with Gasteiger partial charge >= 0.3 is 0 Å². The van der Waals surface area contributed by atoms with Crippen LogP contribution in [0.3, 0.4) is 0 Å². The summed E-state index contributed by atoms with van der Waals surface area (Å²) in [5.41, 5.74) is 6.52. The molecule has 0 spiro atoms. The highest BCUT2D eigenvalue weighted by Crippen LogP contribution is 2.23. The monoisotopic (exact) mass is 335 g/mol. The fourth-order valence-corrected chi connectivity index (χ4v) is 2.29. The van der Waals surface area contributed by atoms with E-state index in [1.54, 1.807) is 18.2 Å². The van der Waals surface area contributed by atoms with E-state index in [-0.39, 0.29) is 24.6 Å². The quantitative estimate of drug-likeness (QED) is 0.534. The fraction of sp³-hybridized carbons (Fsp3) is 0.300. The average molecular weight is 336 g/mol. The topological polar surface area (TPSA) is 115 Å². The van der Waals surface area contributed by atoms with E-state index in [0.717, 1.165) is 0 Å². The first kappa shape index (κ1) is 14.9. The normalized spacial score (nSPS) is 11.2. The van der Waals surface area contributed by atoms with Gasteiger partial charge in [-0.15, -0.1) is 0 Å². The van der Waals surface area contributed by atoms with Gasteiger partial charge in [-0.2, -0.15) is 0 Å². The Morgan fingerprint density at radius 3 is 2.67 bits per heavy atom. The Labute approximate surface area is 114 Å². The van der Waals surface area contributed by atoms with E-state index in [2.05, 4.69) is 21.2 Å². The van der Waals surface area contributed by atoms with Crippen molar-refractivity contribution in [2.75, 3.05) is 18.0 Å². The minimum atomic E-state index is -3.48. The molecule has 0 bridgehead atoms. The third-order valence-electron chi connectivity index (χ3n) is 2.16. The molecule has 0 aliphatic heterocycles. The Bertz CT molecular complexity index is 545. The standard InChI is InChI=1S/C10H14BrN3O3S/c11-9-7(3-1-4-8(9)12)10(15)14-5-2-6-18(13,16)17/h1,3-4H,2,5-6,12H2,(H,14,15)(H2,13,16,17). The molecule has 0 saturated carbocycles. The lowest BCUT2D eigenvalue weighted by Crippen LogP contribution is -2.27. The number of sulfonamides is 1. The molecule has 1 aromatic rings. The number of hydrogen-bond acceptors (Lipinski definition) is 4. The van der Waals surface area contributed by atoms with Gasteiger partial charge in [-0.1, -0.05) is 6.07 Å². The van der Waals surface area contributed by atoms with Crippen molar-refractivity contribution in [3.05, 3.63) is 28.2 Å². The molecule has 6 nitrogen and oxygen atoms in total. The maximum absolute atomic E-state index is 11.8. The first-order valence-electron chi connectivity index (χ1n) is 5.14. The highest BCUT2D eigenvalue weighted by molar-refractivity contribution is 9.10. The molecule has 1 rings (SSSR count). The molecule has 100 valence electrons. The number of rotatable bonds is 5. The largest absolute Gasteiger partial charge is 0.398 e. The number of nitrogens with two attached hydrogens (primary N) is 2. The number of carbonyl (C=O) groups excluding carboxylic acids is 1. The number of amides is 1. The third kappa shape index (κ3) is 4.63. The first-order valence-corrected chi connectivity index (χ1v) is 7.65. The summed E-state index contributed by atoms with van der Waals surface area (Å²) in [7, 11) is -3.48. The van der Waals surface area contributed by atoms with Gasteiger partial charge in [0.05, 0.1) is 15.8 Å². The van der Waals surface area contributed by atoms with Crippen molar-refractivity contribution in [2.45, 2.75) is 6.42 Å². The number of anilines is 1. The second-order valence-corrected chi connectivity index (χ2v) is 6.21. The number of benzene rings is 1. The van der Waals surface area contributed by atoms with Gasteiger partial charge < -0.3 is 11.1 Å². The Hall–Kier alpha value is -1.12. The lowest BCUT2D eigenvalue weighted by atomic mass is 10.2. The van der Waals surface area contributed by atoms with Gasteiger partial charge in [0.2, 0.25) is 10.0 Å². The van der Waals surface area contributed by atoms with Gasteiger partial charge in [-0.25, -0.2) is 13.6 Å². The Morgan fingerprint density at radius 1 is 1.39 bits per heavy atom. The van der Waals surface area contributed by atoms with Crippen LogP contribution in [0.4, 0.5) is 5.69 Å². The second-order valence-electron chi connectivity index (χ2n) is 3.69. The predicted molar refractivity (Wildman–Crippen MR) is 73.5 cm³/mol. The van der Waals surface area contributed by atoms with Crippen LogP contribution in [0.1, 0.15) is 16.8 Å². The second kappa shape index (κ2) is 6.17. The van der Waals surface area contributed by atoms with E-state index in [1.807, 2.05) is 0 Å². The van der Waals surface area contributed by atoms with Crippen LogP contribution in [0.2, 0.25) is 0 Å². The molecule has 18 heavy (non-hydrogen) atoms. The van der Waals surface area contributed by atoms with Gasteiger partial charge in [0.1, 0.15) is 0 Å². The van der Waals surface area contributed by atoms with Crippen LogP contribution in [0.25, 0.3) is 0 Å². The molecule has 5 N–H and O–H groups in total. The summed E-state index contributed by atoms with van der Waals surface area (Å²) in [6.07, 6.45) is 0.268. The summed E-state index contributed by atoms with van der Waals surface area (Å²) in [5.74, 6) is -0.477. The number of halogens is 1. The highest BCUT2D eigenvalue weighted by atomic mass is 79.9. The molecule has 0 radical (unpaired) electrons. The summed E-state index contributed by atoms with van der Waals surface area (Å²) in [6, 6.07) is 4.96. The minimum Gasteiger partial charge on any atom is -0.398 e. The van der Waals surface area contributed by atoms with Gasteiger partial charge in [-0.3, -0.25) is 4.79 Å². The number of carbonyl (C=O) groups is 1. The van der Waals surface area contributed by atoms with E-state index in [1.165, 1.54) is 0 Å². The minimum absolute atomic E-state index is 0.161. The van der Waals surface area contributed by atoms with E-state index in [9.17, 15) is 13.2 Å². The van der Waals surface area contributed by atoms with Crippen LogP contribution in [0.15, 0.2) is 22.7 Å². The predicted octanol–water partition coefficient (Wildman–Crippen LogP) is 0.440. The number of nitrogen functional groups attached to an aromatic ring is 1. The maximum atomic E-state index is 11.8. The van der Waals surface area contributed by atoms with E-state index in [0.29, 0.717) is 15.7 Å². The SMILES string of the molecule is Nc1cccc(C(=O)NCCCS(N)(=O)=O)c1Br. The van der Waals surface area contributed by atoms with Crippen LogP contribution in [0.5, 0.6) is 0 Å². The van der Waals surface area contributed by atoms with Gasteiger partial charge in [-0.05, 0) is 34.5 Å². The maximum Gasteiger partial charge on any atom is 0.252 e. The lowest BCUT2D eigenvalue weighted by Gasteiger charge is -2.07. The van der Waals surface area contributed by atoms with E-state index in [4.69, 9.17) is 10.9 Å². The Morgan fingerprint density at radius 2 is 2.06 bits per heavy atom. The molecule has 1 aromatic carbocycles. The zero-order valence-electron chi connectivity index (χ0n) is 9.52. The van der Waals surface area contributed by atoms with Crippen molar-refractivity contribution < 1.29 is 13.2 Å². The number of nitrogens with one attached hydrogen (secondary N) is 1. The van der Waals surface area contributed by atoms with Crippen LogP contribution in [-0.4, -0.2) is 26.6 Å². The molecule has 0 atom stereocenters. The summed E-state index contributed by atoms with van der Waals surface area (Å²) >= 11 is 3.22. The zero-order valence-corrected chi connectivity index (χ0v) is 11.9. The summed E-state index contributed by atoms with van der Waals surface area (Å²) in [5, 5.41) is 7.44. The van der Waals surface area contributed by atoms with Crippen molar-refractivity contribution in [3.8, 4) is 0 Å². The van der Waals surface area contributed by atoms with Crippen LogP contribution in [-0.2, 0) is 10.0 Å². The van der Waals surface area contributed by atoms with Gasteiger partial charge in [0, 0.05) is 12.2 Å². The molecule has 1 amide bonds. The van der Waals surface area contributed by atoms with Crippen molar-refractivity contribution in [1.82, 2.24) is 5.32 Å². The Kier molecular flexibility index (Phi) is 5.12. The van der Waals surface area contributed by atoms with E-state index < -0.39 is 10.0 Å². The van der Waals surface area contributed by atoms with E-state index >= 15 is 0 Å². The molecule has 0 heterocycles. The van der Waals surface area contributed by atoms with Crippen molar-refractivity contribution >= 4 is 37.5 Å². The van der Waals surface area contributed by atoms with Crippen LogP contribution >= 0.6 is 15.9 Å². The molecule has 0 aliphatic carbocycles. The number of primary sulfonamides is 1. The summed E-state index contributed by atoms with van der Waals surface area (Å²) in [6.45, 7) is 0.233. The van der Waals surface area contributed by atoms with Gasteiger partial charge in [0.25, 0.3) is 5.91 Å². The molecule has 0 unspecified atom stereocenters. The first-order chi connectivity index (χ1) is 8.31. The smallest absolute Gasteiger partial charge is 0.252 e. The number of hydrogen-bond donors (Lipinski definition) is 3. The lowest BCUT2D eigenvalue weighted by molar-refractivity contribution is 0.0953. The zero-order chi connectivity index (χ0) is 13.8. The van der Waals surface area contributed by atoms with Gasteiger partial charge in [0.15, 0.2) is 0 Å². The van der Waals surface area contributed by atoms with Crippen molar-refractivity contribution in [1.29, 1.82) is 0 Å². The van der Waals surface area contributed by atoms with Crippen LogP contribution in [0, 0.1) is 0 Å². The van der Waals surface area contributed by atoms with Crippen LogP contribution < -0.4 is 16.2 Å². The Balaban J connectivity index is 2.54. The van der Waals surface area contributed by atoms with Crippen molar-refractivity contribution in [3.63, 3.8) is 0 Å². The molecule has 8 heteroatoms. The average Bonchev–Trinajstić information content (AvgIpc) is 2.26. The molecular weight excluding hydrogens is 322 g/mol. The molecule has 0 aromatic heterocycles. The molecular formula is C10H14BrN3O3S. The van der Waals surface area contributed by atoms with Crippen molar-refractivity contribution in [2.24, 2.45) is 5.14 Å². The summed E-state index contributed by atoms with van der Waals surface area (Å²) < 4.78 is 21.9. The third-order valence-corrected chi connectivity index (χ3v) is 3.91. The molecule has 0 aliphatic rings.